The summed E-state index contributed by atoms with van der Waals surface area (Å²) >= 11 is 0. The number of aromatic nitrogens is 2. The van der Waals surface area contributed by atoms with Gasteiger partial charge in [-0.15, -0.1) is 0 Å². The number of nitrogens with zero attached hydrogens (tertiary/aromatic N) is 3. The molecule has 0 aliphatic heterocycles. The fourth-order valence-corrected chi connectivity index (χ4v) is 2.07. The smallest absolute Gasteiger partial charge is 0.228 e. The third kappa shape index (κ3) is 3.06. The molecule has 94 valence electrons. The SMILES string of the molecule is CN(C)c1nccc(OCC2(N)CCCC2)n1. The average Bonchev–Trinajstić information content (AvgIpc) is 2.75. The summed E-state index contributed by atoms with van der Waals surface area (Å²) in [5.74, 6) is 1.25. The molecule has 1 aliphatic carbocycles. The molecule has 0 saturated heterocycles. The van der Waals surface area contributed by atoms with Gasteiger partial charge in [-0.25, -0.2) is 4.98 Å². The highest BCUT2D eigenvalue weighted by Gasteiger charge is 2.30. The van der Waals surface area contributed by atoms with E-state index in [1.165, 1.54) is 12.8 Å². The molecule has 1 aromatic rings. The van der Waals surface area contributed by atoms with Crippen LogP contribution in [0.2, 0.25) is 0 Å². The molecule has 5 heteroatoms. The summed E-state index contributed by atoms with van der Waals surface area (Å²) in [7, 11) is 3.81. The van der Waals surface area contributed by atoms with Gasteiger partial charge >= 0.3 is 0 Å². The summed E-state index contributed by atoms with van der Waals surface area (Å²) in [5.41, 5.74) is 6.06. The van der Waals surface area contributed by atoms with E-state index in [1.54, 1.807) is 12.3 Å². The highest BCUT2D eigenvalue weighted by atomic mass is 16.5. The van der Waals surface area contributed by atoms with Crippen LogP contribution in [0.25, 0.3) is 0 Å². The molecule has 1 aliphatic rings. The zero-order valence-electron chi connectivity index (χ0n) is 10.5. The predicted molar refractivity (Wildman–Crippen MR) is 67.2 cm³/mol. The third-order valence-corrected chi connectivity index (χ3v) is 3.12. The maximum Gasteiger partial charge on any atom is 0.228 e. The number of hydrogen-bond donors (Lipinski definition) is 1. The van der Waals surface area contributed by atoms with Crippen LogP contribution < -0.4 is 15.4 Å². The van der Waals surface area contributed by atoms with Gasteiger partial charge in [0.1, 0.15) is 6.61 Å². The quantitative estimate of drug-likeness (QED) is 0.850. The van der Waals surface area contributed by atoms with Gasteiger partial charge in [0.15, 0.2) is 0 Å². The van der Waals surface area contributed by atoms with E-state index in [2.05, 4.69) is 9.97 Å². The molecular formula is C12H20N4O. The fourth-order valence-electron chi connectivity index (χ4n) is 2.07. The molecule has 1 heterocycles. The van der Waals surface area contributed by atoms with E-state index in [0.29, 0.717) is 18.4 Å². The van der Waals surface area contributed by atoms with Crippen LogP contribution in [0.3, 0.4) is 0 Å². The minimum Gasteiger partial charge on any atom is -0.476 e. The monoisotopic (exact) mass is 236 g/mol. The molecular weight excluding hydrogens is 216 g/mol. The summed E-state index contributed by atoms with van der Waals surface area (Å²) in [4.78, 5) is 10.3. The van der Waals surface area contributed by atoms with Gasteiger partial charge in [0.25, 0.3) is 0 Å². The Balaban J connectivity index is 1.96. The number of hydrogen-bond acceptors (Lipinski definition) is 5. The van der Waals surface area contributed by atoms with Crippen LogP contribution in [-0.4, -0.2) is 36.2 Å². The van der Waals surface area contributed by atoms with Gasteiger partial charge in [0.05, 0.1) is 5.54 Å². The summed E-state index contributed by atoms with van der Waals surface area (Å²) in [5, 5.41) is 0. The van der Waals surface area contributed by atoms with Crippen molar-refractivity contribution in [2.24, 2.45) is 5.73 Å². The van der Waals surface area contributed by atoms with Crippen molar-refractivity contribution < 1.29 is 4.74 Å². The van der Waals surface area contributed by atoms with Crippen molar-refractivity contribution in [3.8, 4) is 5.88 Å². The molecule has 2 rings (SSSR count). The van der Waals surface area contributed by atoms with E-state index in [1.807, 2.05) is 19.0 Å². The highest BCUT2D eigenvalue weighted by molar-refractivity contribution is 5.29. The highest BCUT2D eigenvalue weighted by Crippen LogP contribution is 2.27. The first-order valence-electron chi connectivity index (χ1n) is 6.01. The Labute approximate surface area is 102 Å². The molecule has 0 aromatic carbocycles. The zero-order chi connectivity index (χ0) is 12.3. The Kier molecular flexibility index (Phi) is 3.47. The van der Waals surface area contributed by atoms with Crippen LogP contribution in [-0.2, 0) is 0 Å². The number of rotatable bonds is 4. The normalized spacial score (nSPS) is 18.1. The molecule has 0 atom stereocenters. The second-order valence-corrected chi connectivity index (χ2v) is 4.95. The van der Waals surface area contributed by atoms with E-state index < -0.39 is 0 Å². The van der Waals surface area contributed by atoms with Gasteiger partial charge in [-0.2, -0.15) is 4.98 Å². The topological polar surface area (TPSA) is 64.3 Å². The second-order valence-electron chi connectivity index (χ2n) is 4.95. The van der Waals surface area contributed by atoms with E-state index in [4.69, 9.17) is 10.5 Å². The minimum atomic E-state index is -0.163. The van der Waals surface area contributed by atoms with Crippen LogP contribution in [0.5, 0.6) is 5.88 Å². The molecule has 17 heavy (non-hydrogen) atoms. The van der Waals surface area contributed by atoms with Crippen molar-refractivity contribution in [2.45, 2.75) is 31.2 Å². The lowest BCUT2D eigenvalue weighted by atomic mass is 10.0. The molecule has 0 unspecified atom stereocenters. The zero-order valence-corrected chi connectivity index (χ0v) is 10.5. The molecule has 5 nitrogen and oxygen atoms in total. The Morgan fingerprint density at radius 1 is 1.41 bits per heavy atom. The Morgan fingerprint density at radius 2 is 2.12 bits per heavy atom. The standard InChI is InChI=1S/C12H20N4O/c1-16(2)11-14-8-5-10(15-11)17-9-12(13)6-3-4-7-12/h5,8H,3-4,6-7,9,13H2,1-2H3. The van der Waals surface area contributed by atoms with E-state index in [9.17, 15) is 0 Å². The lowest BCUT2D eigenvalue weighted by Gasteiger charge is -2.23. The van der Waals surface area contributed by atoms with Crippen LogP contribution in [0, 0.1) is 0 Å². The molecule has 1 aromatic heterocycles. The largest absolute Gasteiger partial charge is 0.476 e. The summed E-state index contributed by atoms with van der Waals surface area (Å²) in [6, 6.07) is 1.77. The lowest BCUT2D eigenvalue weighted by molar-refractivity contribution is 0.213. The van der Waals surface area contributed by atoms with E-state index >= 15 is 0 Å². The van der Waals surface area contributed by atoms with Crippen molar-refractivity contribution in [3.63, 3.8) is 0 Å². The third-order valence-electron chi connectivity index (χ3n) is 3.12. The summed E-state index contributed by atoms with van der Waals surface area (Å²) in [6.07, 6.45) is 6.19. The van der Waals surface area contributed by atoms with Crippen molar-refractivity contribution in [3.05, 3.63) is 12.3 Å². The molecule has 0 spiro atoms. The Morgan fingerprint density at radius 3 is 2.76 bits per heavy atom. The number of ether oxygens (including phenoxy) is 1. The van der Waals surface area contributed by atoms with Gasteiger partial charge in [-0.1, -0.05) is 12.8 Å². The maximum absolute atomic E-state index is 6.23. The molecule has 2 N–H and O–H groups in total. The number of anilines is 1. The summed E-state index contributed by atoms with van der Waals surface area (Å²) < 4.78 is 5.68. The van der Waals surface area contributed by atoms with Gasteiger partial charge in [-0.05, 0) is 12.8 Å². The van der Waals surface area contributed by atoms with E-state index in [0.717, 1.165) is 12.8 Å². The first-order chi connectivity index (χ1) is 8.09. The average molecular weight is 236 g/mol. The molecule has 0 radical (unpaired) electrons. The van der Waals surface area contributed by atoms with Crippen LogP contribution in [0.4, 0.5) is 5.95 Å². The first kappa shape index (κ1) is 12.1. The maximum atomic E-state index is 6.23. The van der Waals surface area contributed by atoms with Gasteiger partial charge in [0.2, 0.25) is 11.8 Å². The van der Waals surface area contributed by atoms with Crippen molar-refractivity contribution in [2.75, 3.05) is 25.6 Å². The predicted octanol–water partition coefficient (Wildman–Crippen LogP) is 1.19. The van der Waals surface area contributed by atoms with Crippen molar-refractivity contribution >= 4 is 5.95 Å². The van der Waals surface area contributed by atoms with Gasteiger partial charge in [-0.3, -0.25) is 0 Å². The fraction of sp³-hybridized carbons (Fsp3) is 0.667. The van der Waals surface area contributed by atoms with Crippen molar-refractivity contribution in [1.82, 2.24) is 9.97 Å². The van der Waals surface area contributed by atoms with Crippen molar-refractivity contribution in [1.29, 1.82) is 0 Å². The first-order valence-corrected chi connectivity index (χ1v) is 6.01. The molecule has 1 fully saturated rings. The minimum absolute atomic E-state index is 0.163. The molecule has 0 amide bonds. The van der Waals surface area contributed by atoms with Crippen LogP contribution in [0.15, 0.2) is 12.3 Å². The van der Waals surface area contributed by atoms with E-state index in [-0.39, 0.29) is 5.54 Å². The second kappa shape index (κ2) is 4.87. The van der Waals surface area contributed by atoms with Gasteiger partial charge in [0, 0.05) is 26.4 Å². The number of nitrogens with two attached hydrogens (primary N) is 1. The molecule has 0 bridgehead atoms. The summed E-state index contributed by atoms with van der Waals surface area (Å²) in [6.45, 7) is 0.539. The molecule has 1 saturated carbocycles. The lowest BCUT2D eigenvalue weighted by Crippen LogP contribution is -2.42. The van der Waals surface area contributed by atoms with Crippen LogP contribution in [0.1, 0.15) is 25.7 Å². The van der Waals surface area contributed by atoms with Crippen LogP contribution >= 0.6 is 0 Å². The van der Waals surface area contributed by atoms with Gasteiger partial charge < -0.3 is 15.4 Å². The Hall–Kier alpha value is -1.36. The Bertz CT molecular complexity index is 375.